The van der Waals surface area contributed by atoms with E-state index in [9.17, 15) is 4.39 Å². The largest absolute Gasteiger partial charge is 0.489 e. The second-order valence-electron chi connectivity index (χ2n) is 4.39. The van der Waals surface area contributed by atoms with Crippen LogP contribution < -0.4 is 10.5 Å². The molecule has 0 unspecified atom stereocenters. The number of benzene rings is 2. The lowest BCUT2D eigenvalue weighted by Gasteiger charge is -2.14. The summed E-state index contributed by atoms with van der Waals surface area (Å²) in [6.07, 6.45) is 0. The smallest absolute Gasteiger partial charge is 0.124 e. The van der Waals surface area contributed by atoms with Crippen LogP contribution in [0, 0.1) is 5.82 Å². The highest BCUT2D eigenvalue weighted by Gasteiger charge is 2.09. The van der Waals surface area contributed by atoms with E-state index in [1.807, 2.05) is 6.92 Å². The molecule has 0 saturated heterocycles. The molecule has 19 heavy (non-hydrogen) atoms. The van der Waals surface area contributed by atoms with E-state index in [4.69, 9.17) is 22.1 Å². The molecule has 0 fully saturated rings. The summed E-state index contributed by atoms with van der Waals surface area (Å²) in [4.78, 5) is 0. The van der Waals surface area contributed by atoms with Crippen molar-refractivity contribution in [1.29, 1.82) is 0 Å². The van der Waals surface area contributed by atoms with Crippen LogP contribution in [-0.2, 0) is 6.61 Å². The molecule has 0 aromatic heterocycles. The Morgan fingerprint density at radius 2 is 1.89 bits per heavy atom. The van der Waals surface area contributed by atoms with Crippen LogP contribution in [0.2, 0.25) is 5.02 Å². The van der Waals surface area contributed by atoms with Crippen molar-refractivity contribution in [3.8, 4) is 5.75 Å². The Morgan fingerprint density at radius 3 is 2.53 bits per heavy atom. The first-order valence-electron chi connectivity index (χ1n) is 5.98. The number of nitrogens with two attached hydrogens (primary N) is 1. The third-order valence-corrected chi connectivity index (χ3v) is 3.01. The standard InChI is InChI=1S/C15H15ClFNO/c1-10(18)14-8-12(16)4-7-15(14)19-9-11-2-5-13(17)6-3-11/h2-8,10H,9,18H2,1H3/t10-/m0/s1. The molecule has 0 saturated carbocycles. The van der Waals surface area contributed by atoms with Crippen LogP contribution in [0.3, 0.4) is 0 Å². The van der Waals surface area contributed by atoms with Crippen LogP contribution in [0.25, 0.3) is 0 Å². The van der Waals surface area contributed by atoms with Gasteiger partial charge in [0, 0.05) is 16.6 Å². The quantitative estimate of drug-likeness (QED) is 0.915. The van der Waals surface area contributed by atoms with Gasteiger partial charge in [0.2, 0.25) is 0 Å². The summed E-state index contributed by atoms with van der Waals surface area (Å²) in [7, 11) is 0. The maximum atomic E-state index is 12.8. The first-order chi connectivity index (χ1) is 9.06. The first-order valence-corrected chi connectivity index (χ1v) is 6.36. The predicted molar refractivity (Wildman–Crippen MR) is 74.8 cm³/mol. The Labute approximate surface area is 117 Å². The number of ether oxygens (including phenoxy) is 1. The van der Waals surface area contributed by atoms with Crippen LogP contribution in [-0.4, -0.2) is 0 Å². The highest BCUT2D eigenvalue weighted by molar-refractivity contribution is 6.30. The van der Waals surface area contributed by atoms with Crippen molar-refractivity contribution in [2.45, 2.75) is 19.6 Å². The van der Waals surface area contributed by atoms with Gasteiger partial charge in [0.15, 0.2) is 0 Å². The highest BCUT2D eigenvalue weighted by Crippen LogP contribution is 2.27. The Morgan fingerprint density at radius 1 is 1.21 bits per heavy atom. The summed E-state index contributed by atoms with van der Waals surface area (Å²) >= 11 is 5.94. The van der Waals surface area contributed by atoms with E-state index in [-0.39, 0.29) is 11.9 Å². The van der Waals surface area contributed by atoms with E-state index in [1.165, 1.54) is 12.1 Å². The maximum Gasteiger partial charge on any atom is 0.124 e. The van der Waals surface area contributed by atoms with Gasteiger partial charge >= 0.3 is 0 Å². The van der Waals surface area contributed by atoms with Crippen LogP contribution in [0.1, 0.15) is 24.1 Å². The fraction of sp³-hybridized carbons (Fsp3) is 0.200. The lowest BCUT2D eigenvalue weighted by Crippen LogP contribution is -2.08. The zero-order valence-corrected chi connectivity index (χ0v) is 11.3. The average Bonchev–Trinajstić information content (AvgIpc) is 2.39. The molecule has 0 radical (unpaired) electrons. The minimum atomic E-state index is -0.258. The molecule has 2 N–H and O–H groups in total. The van der Waals surface area contributed by atoms with Crippen LogP contribution in [0.4, 0.5) is 4.39 Å². The molecule has 0 heterocycles. The van der Waals surface area contributed by atoms with Gasteiger partial charge in [-0.3, -0.25) is 0 Å². The SMILES string of the molecule is C[C@H](N)c1cc(Cl)ccc1OCc1ccc(F)cc1. The summed E-state index contributed by atoms with van der Waals surface area (Å²) in [5.74, 6) is 0.440. The van der Waals surface area contributed by atoms with E-state index >= 15 is 0 Å². The van der Waals surface area contributed by atoms with Gasteiger partial charge in [-0.05, 0) is 42.8 Å². The van der Waals surface area contributed by atoms with Gasteiger partial charge in [-0.2, -0.15) is 0 Å². The Bertz CT molecular complexity index is 555. The predicted octanol–water partition coefficient (Wildman–Crippen LogP) is 4.08. The Kier molecular flexibility index (Phi) is 4.40. The van der Waals surface area contributed by atoms with Crippen LogP contribution in [0.5, 0.6) is 5.75 Å². The van der Waals surface area contributed by atoms with Gasteiger partial charge in [-0.25, -0.2) is 4.39 Å². The molecule has 4 heteroatoms. The van der Waals surface area contributed by atoms with Crippen molar-refractivity contribution >= 4 is 11.6 Å². The second-order valence-corrected chi connectivity index (χ2v) is 4.82. The van der Waals surface area contributed by atoms with Crippen LogP contribution in [0.15, 0.2) is 42.5 Å². The third-order valence-electron chi connectivity index (χ3n) is 2.77. The van der Waals surface area contributed by atoms with Crippen molar-refractivity contribution in [2.24, 2.45) is 5.73 Å². The fourth-order valence-electron chi connectivity index (χ4n) is 1.75. The molecule has 2 aromatic carbocycles. The van der Waals surface area contributed by atoms with E-state index in [0.717, 1.165) is 11.1 Å². The maximum absolute atomic E-state index is 12.8. The molecule has 0 amide bonds. The van der Waals surface area contributed by atoms with Gasteiger partial charge in [0.25, 0.3) is 0 Å². The van der Waals surface area contributed by atoms with Crippen molar-refractivity contribution in [3.63, 3.8) is 0 Å². The Balaban J connectivity index is 2.13. The van der Waals surface area contributed by atoms with Gasteiger partial charge in [0.1, 0.15) is 18.2 Å². The molecule has 2 nitrogen and oxygen atoms in total. The molecule has 0 aliphatic heterocycles. The lowest BCUT2D eigenvalue weighted by molar-refractivity contribution is 0.301. The molecular weight excluding hydrogens is 265 g/mol. The Hall–Kier alpha value is -1.58. The normalized spacial score (nSPS) is 12.2. The number of hydrogen-bond acceptors (Lipinski definition) is 2. The number of hydrogen-bond donors (Lipinski definition) is 1. The second kappa shape index (κ2) is 6.04. The molecule has 0 aliphatic carbocycles. The zero-order valence-electron chi connectivity index (χ0n) is 10.6. The van der Waals surface area contributed by atoms with Crippen LogP contribution >= 0.6 is 11.6 Å². The summed E-state index contributed by atoms with van der Waals surface area (Å²) in [6.45, 7) is 2.23. The highest BCUT2D eigenvalue weighted by atomic mass is 35.5. The van der Waals surface area contributed by atoms with Crippen molar-refractivity contribution in [3.05, 3.63) is 64.4 Å². The summed E-state index contributed by atoms with van der Waals surface area (Å²) < 4.78 is 18.5. The topological polar surface area (TPSA) is 35.2 Å². The molecule has 100 valence electrons. The van der Waals surface area contributed by atoms with E-state index in [0.29, 0.717) is 17.4 Å². The first kappa shape index (κ1) is 13.8. The minimum Gasteiger partial charge on any atom is -0.489 e. The molecule has 0 aliphatic rings. The lowest BCUT2D eigenvalue weighted by atomic mass is 10.1. The summed E-state index contributed by atoms with van der Waals surface area (Å²) in [6, 6.07) is 11.4. The molecule has 0 spiro atoms. The average molecular weight is 280 g/mol. The van der Waals surface area contributed by atoms with Crippen molar-refractivity contribution < 1.29 is 9.13 Å². The van der Waals surface area contributed by atoms with Crippen molar-refractivity contribution in [2.75, 3.05) is 0 Å². The van der Waals surface area contributed by atoms with Crippen molar-refractivity contribution in [1.82, 2.24) is 0 Å². The van der Waals surface area contributed by atoms with Gasteiger partial charge in [-0.15, -0.1) is 0 Å². The zero-order chi connectivity index (χ0) is 13.8. The third kappa shape index (κ3) is 3.69. The van der Waals surface area contributed by atoms with Gasteiger partial charge < -0.3 is 10.5 Å². The molecule has 2 aromatic rings. The fourth-order valence-corrected chi connectivity index (χ4v) is 1.93. The van der Waals surface area contributed by atoms with E-state index < -0.39 is 0 Å². The van der Waals surface area contributed by atoms with E-state index in [2.05, 4.69) is 0 Å². The monoisotopic (exact) mass is 279 g/mol. The summed E-state index contributed by atoms with van der Waals surface area (Å²) in [5.41, 5.74) is 7.64. The summed E-state index contributed by atoms with van der Waals surface area (Å²) in [5, 5.41) is 0.626. The van der Waals surface area contributed by atoms with Gasteiger partial charge in [0.05, 0.1) is 0 Å². The number of rotatable bonds is 4. The van der Waals surface area contributed by atoms with E-state index in [1.54, 1.807) is 30.3 Å². The molecule has 1 atom stereocenters. The molecule has 2 rings (SSSR count). The van der Waals surface area contributed by atoms with Gasteiger partial charge in [-0.1, -0.05) is 23.7 Å². The molecular formula is C15H15ClFNO. The molecule has 0 bridgehead atoms. The minimum absolute atomic E-state index is 0.165. The number of halogens is 2.